The van der Waals surface area contributed by atoms with E-state index in [0.29, 0.717) is 13.1 Å². The number of nitrogens with zero attached hydrogens (tertiary/aromatic N) is 5. The lowest BCUT2D eigenvalue weighted by Gasteiger charge is -2.35. The third-order valence-corrected chi connectivity index (χ3v) is 5.51. The Morgan fingerprint density at radius 2 is 2.27 bits per heavy atom. The van der Waals surface area contributed by atoms with Gasteiger partial charge in [0.1, 0.15) is 6.04 Å². The molecule has 0 radical (unpaired) electrons. The number of aromatic nitrogens is 3. The monoisotopic (exact) mass is 367 g/mol. The minimum Gasteiger partial charge on any atom is -0.338 e. The fourth-order valence-electron chi connectivity index (χ4n) is 3.37. The number of fused-ring (bicyclic) bond motifs is 1. The van der Waals surface area contributed by atoms with Gasteiger partial charge in [-0.05, 0) is 23.6 Å². The smallest absolute Gasteiger partial charge is 0.247 e. The molecule has 3 aromatic rings. The second kappa shape index (κ2) is 7.39. The summed E-state index contributed by atoms with van der Waals surface area (Å²) in [5.41, 5.74) is 1.97. The molecule has 4 heterocycles. The molecule has 134 valence electrons. The van der Waals surface area contributed by atoms with E-state index in [9.17, 15) is 4.79 Å². The van der Waals surface area contributed by atoms with E-state index in [2.05, 4.69) is 32.4 Å². The summed E-state index contributed by atoms with van der Waals surface area (Å²) in [4.78, 5) is 27.1. The summed E-state index contributed by atoms with van der Waals surface area (Å²) >= 11 is 1.75. The fraction of sp³-hybridized carbons (Fsp3) is 0.316. The van der Waals surface area contributed by atoms with Crippen molar-refractivity contribution < 1.29 is 4.79 Å². The first-order valence-electron chi connectivity index (χ1n) is 8.61. The molecule has 1 amide bonds. The summed E-state index contributed by atoms with van der Waals surface area (Å²) in [7, 11) is 1.84. The molecule has 0 unspecified atom stereocenters. The molecular weight excluding hydrogens is 346 g/mol. The first-order chi connectivity index (χ1) is 12.7. The van der Waals surface area contributed by atoms with Crippen LogP contribution in [0.2, 0.25) is 0 Å². The first kappa shape index (κ1) is 16.9. The summed E-state index contributed by atoms with van der Waals surface area (Å²) in [5.74, 6) is 0.0887. The maximum Gasteiger partial charge on any atom is 0.247 e. The van der Waals surface area contributed by atoms with Crippen molar-refractivity contribution >= 4 is 17.2 Å². The average Bonchev–Trinajstić information content (AvgIpc) is 3.33. The molecule has 1 atom stereocenters. The van der Waals surface area contributed by atoms with Gasteiger partial charge in [-0.15, -0.1) is 11.3 Å². The van der Waals surface area contributed by atoms with Crippen LogP contribution in [0.15, 0.2) is 54.4 Å². The van der Waals surface area contributed by atoms with Crippen LogP contribution in [0.5, 0.6) is 0 Å². The summed E-state index contributed by atoms with van der Waals surface area (Å²) < 4.78 is 2.02. The Balaban J connectivity index is 1.51. The molecule has 6 nitrogen and oxygen atoms in total. The van der Waals surface area contributed by atoms with E-state index in [1.807, 2.05) is 36.0 Å². The molecule has 0 aromatic carbocycles. The van der Waals surface area contributed by atoms with Crippen molar-refractivity contribution in [1.29, 1.82) is 0 Å². The molecule has 0 fully saturated rings. The number of hydrogen-bond donors (Lipinski definition) is 0. The van der Waals surface area contributed by atoms with Gasteiger partial charge in [-0.2, -0.15) is 0 Å². The van der Waals surface area contributed by atoms with Crippen LogP contribution >= 0.6 is 11.3 Å². The van der Waals surface area contributed by atoms with Crippen molar-refractivity contribution in [2.75, 3.05) is 13.6 Å². The van der Waals surface area contributed by atoms with E-state index in [4.69, 9.17) is 0 Å². The van der Waals surface area contributed by atoms with Gasteiger partial charge < -0.3 is 9.47 Å². The highest BCUT2D eigenvalue weighted by atomic mass is 32.1. The predicted octanol–water partition coefficient (Wildman–Crippen LogP) is 2.56. The molecule has 3 aromatic heterocycles. The molecular formula is C19H21N5OS. The second-order valence-electron chi connectivity index (χ2n) is 6.57. The van der Waals surface area contributed by atoms with E-state index in [1.165, 1.54) is 4.88 Å². The van der Waals surface area contributed by atoms with Crippen LogP contribution in [0.4, 0.5) is 0 Å². The largest absolute Gasteiger partial charge is 0.338 e. The van der Waals surface area contributed by atoms with Gasteiger partial charge in [-0.25, -0.2) is 4.98 Å². The van der Waals surface area contributed by atoms with E-state index in [1.54, 1.807) is 28.8 Å². The number of carbonyl (C=O) groups excluding carboxylic acids is 1. The van der Waals surface area contributed by atoms with E-state index in [-0.39, 0.29) is 11.9 Å². The molecule has 0 saturated heterocycles. The summed E-state index contributed by atoms with van der Waals surface area (Å²) in [5, 5.41) is 2.09. The van der Waals surface area contributed by atoms with Crippen LogP contribution in [0.1, 0.15) is 22.3 Å². The Morgan fingerprint density at radius 3 is 3.04 bits per heavy atom. The quantitative estimate of drug-likeness (QED) is 0.695. The van der Waals surface area contributed by atoms with Gasteiger partial charge in [0.05, 0.1) is 24.3 Å². The van der Waals surface area contributed by atoms with Crippen molar-refractivity contribution in [3.05, 3.63) is 70.7 Å². The van der Waals surface area contributed by atoms with Crippen molar-refractivity contribution in [2.24, 2.45) is 0 Å². The minimum atomic E-state index is -0.255. The molecule has 0 N–H and O–H groups in total. The zero-order valence-corrected chi connectivity index (χ0v) is 15.5. The van der Waals surface area contributed by atoms with Gasteiger partial charge >= 0.3 is 0 Å². The Morgan fingerprint density at radius 1 is 1.35 bits per heavy atom. The molecule has 0 aliphatic carbocycles. The second-order valence-corrected chi connectivity index (χ2v) is 7.60. The van der Waals surface area contributed by atoms with E-state index in [0.717, 1.165) is 24.5 Å². The molecule has 0 bridgehead atoms. The number of likely N-dealkylation sites (N-methyl/N-ethyl adjacent to an activating group) is 1. The summed E-state index contributed by atoms with van der Waals surface area (Å²) in [6, 6.07) is 9.72. The number of pyridine rings is 1. The number of thiophene rings is 1. The number of imidazole rings is 1. The van der Waals surface area contributed by atoms with Gasteiger partial charge in [0.2, 0.25) is 5.91 Å². The highest BCUT2D eigenvalue weighted by Crippen LogP contribution is 2.25. The van der Waals surface area contributed by atoms with E-state index < -0.39 is 0 Å². The van der Waals surface area contributed by atoms with Crippen LogP contribution in [0, 0.1) is 0 Å². The minimum absolute atomic E-state index is 0.0887. The number of amides is 1. The van der Waals surface area contributed by atoms with Crippen molar-refractivity contribution in [3.8, 4) is 0 Å². The Labute approximate surface area is 156 Å². The average molecular weight is 367 g/mol. The SMILES string of the molecule is CN(Cc1ccccn1)C(=O)[C@@H]1CN(Cc2cccs2)Cc2cncn21. The third-order valence-electron chi connectivity index (χ3n) is 4.64. The van der Waals surface area contributed by atoms with Crippen LogP contribution in [-0.4, -0.2) is 43.8 Å². The topological polar surface area (TPSA) is 54.3 Å². The Kier molecular flexibility index (Phi) is 4.81. The highest BCUT2D eigenvalue weighted by molar-refractivity contribution is 7.09. The van der Waals surface area contributed by atoms with Crippen LogP contribution in [0.25, 0.3) is 0 Å². The number of carbonyl (C=O) groups is 1. The molecule has 1 aliphatic rings. The van der Waals surface area contributed by atoms with Gasteiger partial charge in [0.15, 0.2) is 0 Å². The van der Waals surface area contributed by atoms with Crippen LogP contribution < -0.4 is 0 Å². The molecule has 4 rings (SSSR count). The standard InChI is InChI=1S/C19H21N5OS/c1-22(10-15-5-2-3-7-21-15)19(25)18-13-23(12-17-6-4-8-26-17)11-16-9-20-14-24(16)18/h2-9,14,18H,10-13H2,1H3/t18-/m0/s1. The molecule has 7 heteroatoms. The maximum absolute atomic E-state index is 13.1. The normalized spacial score (nSPS) is 17.0. The van der Waals surface area contributed by atoms with Gasteiger partial charge in [0, 0.05) is 44.0 Å². The van der Waals surface area contributed by atoms with E-state index >= 15 is 0 Å². The van der Waals surface area contributed by atoms with Crippen LogP contribution in [0.3, 0.4) is 0 Å². The maximum atomic E-state index is 13.1. The predicted molar refractivity (Wildman–Crippen MR) is 100 cm³/mol. The number of rotatable bonds is 5. The van der Waals surface area contributed by atoms with Gasteiger partial charge in [-0.1, -0.05) is 12.1 Å². The van der Waals surface area contributed by atoms with Gasteiger partial charge in [-0.3, -0.25) is 14.7 Å². The van der Waals surface area contributed by atoms with Gasteiger partial charge in [0.25, 0.3) is 0 Å². The zero-order chi connectivity index (χ0) is 17.9. The number of hydrogen-bond acceptors (Lipinski definition) is 5. The summed E-state index contributed by atoms with van der Waals surface area (Å²) in [6.45, 7) is 2.86. The lowest BCUT2D eigenvalue weighted by atomic mass is 10.1. The van der Waals surface area contributed by atoms with Crippen molar-refractivity contribution in [3.63, 3.8) is 0 Å². The third kappa shape index (κ3) is 3.54. The zero-order valence-electron chi connectivity index (χ0n) is 14.7. The summed E-state index contributed by atoms with van der Waals surface area (Å²) in [6.07, 6.45) is 5.39. The Hall–Kier alpha value is -2.51. The first-order valence-corrected chi connectivity index (χ1v) is 9.49. The molecule has 1 aliphatic heterocycles. The lowest BCUT2D eigenvalue weighted by molar-refractivity contribution is -0.135. The lowest BCUT2D eigenvalue weighted by Crippen LogP contribution is -2.44. The molecule has 26 heavy (non-hydrogen) atoms. The van der Waals surface area contributed by atoms with Crippen molar-refractivity contribution in [2.45, 2.75) is 25.7 Å². The molecule has 0 saturated carbocycles. The van der Waals surface area contributed by atoms with Crippen molar-refractivity contribution in [1.82, 2.24) is 24.3 Å². The fourth-order valence-corrected chi connectivity index (χ4v) is 4.11. The van der Waals surface area contributed by atoms with Crippen LogP contribution in [-0.2, 0) is 24.4 Å². The Bertz CT molecular complexity index is 861. The molecule has 0 spiro atoms. The highest BCUT2D eigenvalue weighted by Gasteiger charge is 2.32.